The van der Waals surface area contributed by atoms with Crippen LogP contribution in [0.2, 0.25) is 5.02 Å². The van der Waals surface area contributed by atoms with E-state index in [1.807, 2.05) is 0 Å². The molecule has 0 aliphatic carbocycles. The number of nitrogens with zero attached hydrogens (tertiary/aromatic N) is 4. The number of amides is 2. The molecule has 0 saturated carbocycles. The van der Waals surface area contributed by atoms with E-state index in [9.17, 15) is 27.2 Å². The van der Waals surface area contributed by atoms with E-state index in [4.69, 9.17) is 21.1 Å². The third-order valence-corrected chi connectivity index (χ3v) is 6.65. The third-order valence-electron chi connectivity index (χ3n) is 6.36. The maximum atomic E-state index is 14.1. The van der Waals surface area contributed by atoms with Crippen LogP contribution in [-0.4, -0.2) is 57.0 Å². The molecule has 0 unspecified atom stereocenters. The first kappa shape index (κ1) is 25.8. The molecule has 1 aromatic carbocycles. The highest BCUT2D eigenvalue weighted by atomic mass is 35.5. The minimum atomic E-state index is -2.85. The fourth-order valence-corrected chi connectivity index (χ4v) is 4.52. The van der Waals surface area contributed by atoms with Crippen molar-refractivity contribution in [1.82, 2.24) is 25.0 Å². The van der Waals surface area contributed by atoms with Gasteiger partial charge in [0.05, 0.1) is 17.3 Å². The highest BCUT2D eigenvalue weighted by Gasteiger charge is 2.39. The molecular weight excluding hydrogens is 534 g/mol. The summed E-state index contributed by atoms with van der Waals surface area (Å²) in [6.07, 6.45) is 3.83. The maximum absolute atomic E-state index is 14.1. The Bertz CT molecular complexity index is 1390. The molecule has 38 heavy (non-hydrogen) atoms. The molecule has 9 nitrogen and oxygen atoms in total. The standard InChI is InChI=1S/C24H20ClF4N5O4/c25-17-2-1-12(20(26)21(17)27)7-31-22(35)18-6-19(16(9-30-18)13-8-32-34(10-13)23(28)29)38-15-3-4-33-14(5-15)11-37-24(33)36/h1-2,6,8-10,14-15,23H,3-5,7,11H2,(H,31,35)/t14-,15-/m0/s1. The van der Waals surface area contributed by atoms with Crippen molar-refractivity contribution >= 4 is 23.6 Å². The van der Waals surface area contributed by atoms with Gasteiger partial charge in [-0.1, -0.05) is 17.7 Å². The molecule has 14 heteroatoms. The van der Waals surface area contributed by atoms with E-state index in [1.165, 1.54) is 30.6 Å². The van der Waals surface area contributed by atoms with Crippen molar-refractivity contribution in [2.45, 2.75) is 38.1 Å². The number of carbonyl (C=O) groups is 2. The van der Waals surface area contributed by atoms with Crippen LogP contribution in [-0.2, 0) is 11.3 Å². The average molecular weight is 554 g/mol. The van der Waals surface area contributed by atoms with Crippen LogP contribution in [0, 0.1) is 11.6 Å². The van der Waals surface area contributed by atoms with Gasteiger partial charge in [0.2, 0.25) is 0 Å². The first-order chi connectivity index (χ1) is 18.2. The number of ether oxygens (including phenoxy) is 2. The lowest BCUT2D eigenvalue weighted by Crippen LogP contribution is -2.44. The van der Waals surface area contributed by atoms with Crippen molar-refractivity contribution in [2.75, 3.05) is 13.2 Å². The van der Waals surface area contributed by atoms with Gasteiger partial charge in [-0.2, -0.15) is 13.9 Å². The van der Waals surface area contributed by atoms with Crippen LogP contribution in [0.5, 0.6) is 5.75 Å². The number of carbonyl (C=O) groups excluding carboxylic acids is 2. The van der Waals surface area contributed by atoms with Crippen LogP contribution in [0.3, 0.4) is 0 Å². The smallest absolute Gasteiger partial charge is 0.410 e. The van der Waals surface area contributed by atoms with Crippen LogP contribution >= 0.6 is 11.6 Å². The lowest BCUT2D eigenvalue weighted by Gasteiger charge is -2.32. The SMILES string of the molecule is O=C(NCc1ccc(Cl)c(F)c1F)c1cc(O[C@H]2CCN3C(=O)OC[C@@H]3C2)c(-c2cnn(C(F)F)c2)cn1. The Balaban J connectivity index is 1.38. The van der Waals surface area contributed by atoms with Gasteiger partial charge in [0.15, 0.2) is 11.6 Å². The summed E-state index contributed by atoms with van der Waals surface area (Å²) in [7, 11) is 0. The Labute approximate surface area is 218 Å². The molecule has 2 fully saturated rings. The van der Waals surface area contributed by atoms with Crippen molar-refractivity contribution in [2.24, 2.45) is 0 Å². The van der Waals surface area contributed by atoms with E-state index in [2.05, 4.69) is 15.4 Å². The van der Waals surface area contributed by atoms with Gasteiger partial charge in [0.25, 0.3) is 5.91 Å². The summed E-state index contributed by atoms with van der Waals surface area (Å²) in [6, 6.07) is 3.60. The quantitative estimate of drug-likeness (QED) is 0.340. The lowest BCUT2D eigenvalue weighted by molar-refractivity contribution is 0.0566. The van der Waals surface area contributed by atoms with Crippen molar-refractivity contribution in [3.05, 3.63) is 64.7 Å². The number of nitrogens with one attached hydrogen (secondary N) is 1. The normalized spacial score (nSPS) is 18.9. The number of cyclic esters (lactones) is 1. The Morgan fingerprint density at radius 2 is 2.08 bits per heavy atom. The molecule has 2 aliphatic rings. The zero-order valence-electron chi connectivity index (χ0n) is 19.5. The molecule has 2 aromatic heterocycles. The van der Waals surface area contributed by atoms with Crippen molar-refractivity contribution in [3.63, 3.8) is 0 Å². The second-order valence-electron chi connectivity index (χ2n) is 8.76. The van der Waals surface area contributed by atoms with Crippen molar-refractivity contribution < 1.29 is 36.6 Å². The Kier molecular flexibility index (Phi) is 7.11. The largest absolute Gasteiger partial charge is 0.489 e. The van der Waals surface area contributed by atoms with Gasteiger partial charge in [-0.05, 0) is 6.07 Å². The molecule has 200 valence electrons. The summed E-state index contributed by atoms with van der Waals surface area (Å²) in [6.45, 7) is -2.55. The Morgan fingerprint density at radius 3 is 2.84 bits per heavy atom. The number of hydrogen-bond donors (Lipinski definition) is 1. The van der Waals surface area contributed by atoms with Gasteiger partial charge in [-0.15, -0.1) is 0 Å². The summed E-state index contributed by atoms with van der Waals surface area (Å²) in [5.74, 6) is -2.92. The molecule has 5 rings (SSSR count). The van der Waals surface area contributed by atoms with Crippen LogP contribution in [0.15, 0.2) is 36.8 Å². The summed E-state index contributed by atoms with van der Waals surface area (Å²) in [5, 5.41) is 5.72. The van der Waals surface area contributed by atoms with Crippen LogP contribution in [0.25, 0.3) is 11.1 Å². The third kappa shape index (κ3) is 5.10. The number of pyridine rings is 1. The van der Waals surface area contributed by atoms with E-state index in [1.54, 1.807) is 4.90 Å². The number of hydrogen-bond acceptors (Lipinski definition) is 6. The van der Waals surface area contributed by atoms with Gasteiger partial charge >= 0.3 is 12.6 Å². The summed E-state index contributed by atoms with van der Waals surface area (Å²) >= 11 is 5.56. The number of fused-ring (bicyclic) bond motifs is 1. The zero-order chi connectivity index (χ0) is 27.0. The van der Waals surface area contributed by atoms with Gasteiger partial charge in [0.1, 0.15) is 24.2 Å². The number of alkyl halides is 2. The molecular formula is C24H20ClF4N5O4. The highest BCUT2D eigenvalue weighted by Crippen LogP contribution is 2.34. The summed E-state index contributed by atoms with van der Waals surface area (Å²) < 4.78 is 65.8. The van der Waals surface area contributed by atoms with Crippen LogP contribution < -0.4 is 10.1 Å². The maximum Gasteiger partial charge on any atom is 0.410 e. The van der Waals surface area contributed by atoms with Gasteiger partial charge in [-0.3, -0.25) is 9.78 Å². The minimum absolute atomic E-state index is 0.100. The molecule has 0 spiro atoms. The first-order valence-corrected chi connectivity index (χ1v) is 11.9. The molecule has 2 amide bonds. The Hall–Kier alpha value is -3.87. The molecule has 3 aromatic rings. The molecule has 2 aliphatic heterocycles. The monoisotopic (exact) mass is 553 g/mol. The van der Waals surface area contributed by atoms with Crippen LogP contribution in [0.1, 0.15) is 35.4 Å². The Morgan fingerprint density at radius 1 is 1.26 bits per heavy atom. The summed E-state index contributed by atoms with van der Waals surface area (Å²) in [4.78, 5) is 30.3. The molecule has 2 atom stereocenters. The van der Waals surface area contributed by atoms with E-state index >= 15 is 0 Å². The van der Waals surface area contributed by atoms with Crippen molar-refractivity contribution in [3.8, 4) is 16.9 Å². The number of aromatic nitrogens is 3. The molecule has 0 radical (unpaired) electrons. The highest BCUT2D eigenvalue weighted by molar-refractivity contribution is 6.30. The van der Waals surface area contributed by atoms with Crippen molar-refractivity contribution in [1.29, 1.82) is 0 Å². The van der Waals surface area contributed by atoms with Gasteiger partial charge in [0, 0.05) is 61.1 Å². The second kappa shape index (κ2) is 10.5. The number of benzene rings is 1. The minimum Gasteiger partial charge on any atom is -0.489 e. The topological polar surface area (TPSA) is 98.6 Å². The van der Waals surface area contributed by atoms with Gasteiger partial charge in [-0.25, -0.2) is 18.3 Å². The molecule has 4 heterocycles. The average Bonchev–Trinajstić information content (AvgIpc) is 3.54. The first-order valence-electron chi connectivity index (χ1n) is 11.5. The molecule has 0 bridgehead atoms. The van der Waals surface area contributed by atoms with E-state index in [-0.39, 0.29) is 59.0 Å². The van der Waals surface area contributed by atoms with E-state index in [0.717, 1.165) is 6.20 Å². The lowest BCUT2D eigenvalue weighted by atomic mass is 10.0. The number of halogens is 5. The van der Waals surface area contributed by atoms with Gasteiger partial charge < -0.3 is 19.7 Å². The zero-order valence-corrected chi connectivity index (χ0v) is 20.3. The fraction of sp³-hybridized carbons (Fsp3) is 0.333. The number of piperidine rings is 1. The fourth-order valence-electron chi connectivity index (χ4n) is 4.38. The number of rotatable bonds is 7. The van der Waals surface area contributed by atoms with Crippen LogP contribution in [0.4, 0.5) is 22.4 Å². The summed E-state index contributed by atoms with van der Waals surface area (Å²) in [5.41, 5.74) is 0.389. The molecule has 1 N–H and O–H groups in total. The van der Waals surface area contributed by atoms with E-state index < -0.39 is 24.1 Å². The predicted molar refractivity (Wildman–Crippen MR) is 125 cm³/mol. The molecule has 2 saturated heterocycles. The second-order valence-corrected chi connectivity index (χ2v) is 9.17. The predicted octanol–water partition coefficient (Wildman–Crippen LogP) is 4.56. The van der Waals surface area contributed by atoms with E-state index in [0.29, 0.717) is 29.6 Å².